The monoisotopic (exact) mass is 360 g/mol. The number of anilines is 1. The van der Waals surface area contributed by atoms with E-state index < -0.39 is 0 Å². The Kier molecular flexibility index (Phi) is 4.14. The molecule has 0 amide bonds. The summed E-state index contributed by atoms with van der Waals surface area (Å²) in [5.74, 6) is 1.50. The molecule has 1 aromatic carbocycles. The van der Waals surface area contributed by atoms with Gasteiger partial charge in [-0.05, 0) is 71.9 Å². The van der Waals surface area contributed by atoms with Crippen LogP contribution in [-0.2, 0) is 19.4 Å². The number of allylic oxidation sites excluding steroid dienone is 1. The molecule has 0 saturated heterocycles. The van der Waals surface area contributed by atoms with Gasteiger partial charge in [-0.1, -0.05) is 26.0 Å². The molecule has 0 spiro atoms. The van der Waals surface area contributed by atoms with Gasteiger partial charge in [0.1, 0.15) is 0 Å². The van der Waals surface area contributed by atoms with Gasteiger partial charge in [0.25, 0.3) is 0 Å². The van der Waals surface area contributed by atoms with Crippen molar-refractivity contribution in [2.75, 3.05) is 11.9 Å². The molecule has 2 aliphatic carbocycles. The number of rotatable bonds is 5. The normalized spacial score (nSPS) is 21.1. The highest BCUT2D eigenvalue weighted by atomic mass is 15.1. The maximum Gasteiger partial charge on any atom is 0.0727 e. The van der Waals surface area contributed by atoms with Crippen molar-refractivity contribution in [3.63, 3.8) is 0 Å². The molecule has 0 radical (unpaired) electrons. The topological polar surface area (TPSA) is 41.0 Å². The molecule has 1 unspecified atom stereocenters. The third-order valence-electron chi connectivity index (χ3n) is 5.96. The van der Waals surface area contributed by atoms with Crippen molar-refractivity contribution < 1.29 is 0 Å². The summed E-state index contributed by atoms with van der Waals surface area (Å²) in [6.07, 6.45) is 11.0. The summed E-state index contributed by atoms with van der Waals surface area (Å²) in [7, 11) is 0. The summed E-state index contributed by atoms with van der Waals surface area (Å²) >= 11 is 0. The first kappa shape index (κ1) is 16.8. The van der Waals surface area contributed by atoms with Gasteiger partial charge in [0.2, 0.25) is 0 Å². The number of benzene rings is 1. The Labute approximate surface area is 161 Å². The SMILES string of the molecule is CC(C)CN1Cc2cc3c(cc2C=C1C1CC1)CC(Nc1ccnnc1)C3. The van der Waals surface area contributed by atoms with E-state index >= 15 is 0 Å². The Hall–Kier alpha value is -2.36. The van der Waals surface area contributed by atoms with Crippen LogP contribution in [0.15, 0.2) is 36.3 Å². The smallest absolute Gasteiger partial charge is 0.0727 e. The molecule has 5 rings (SSSR count). The molecule has 2 aromatic rings. The zero-order valence-corrected chi connectivity index (χ0v) is 16.3. The molecular weight excluding hydrogens is 332 g/mol. The summed E-state index contributed by atoms with van der Waals surface area (Å²) < 4.78 is 0. The summed E-state index contributed by atoms with van der Waals surface area (Å²) in [4.78, 5) is 2.64. The van der Waals surface area contributed by atoms with E-state index in [9.17, 15) is 0 Å². The minimum atomic E-state index is 0.451. The molecule has 3 aliphatic rings. The molecule has 27 heavy (non-hydrogen) atoms. The Morgan fingerprint density at radius 2 is 1.93 bits per heavy atom. The molecular formula is C23H28N4. The molecule has 1 saturated carbocycles. The highest BCUT2D eigenvalue weighted by molar-refractivity contribution is 5.63. The minimum absolute atomic E-state index is 0.451. The first-order chi connectivity index (χ1) is 13.2. The first-order valence-corrected chi connectivity index (χ1v) is 10.3. The van der Waals surface area contributed by atoms with Crippen LogP contribution < -0.4 is 5.32 Å². The van der Waals surface area contributed by atoms with Gasteiger partial charge in [-0.15, -0.1) is 0 Å². The third-order valence-corrected chi connectivity index (χ3v) is 5.96. The summed E-state index contributed by atoms with van der Waals surface area (Å²) in [6.45, 7) is 6.90. The van der Waals surface area contributed by atoms with Crippen LogP contribution >= 0.6 is 0 Å². The van der Waals surface area contributed by atoms with Crippen LogP contribution in [0.2, 0.25) is 0 Å². The van der Waals surface area contributed by atoms with Crippen LogP contribution in [-0.4, -0.2) is 27.7 Å². The van der Waals surface area contributed by atoms with Gasteiger partial charge in [-0.25, -0.2) is 0 Å². The van der Waals surface area contributed by atoms with Gasteiger partial charge < -0.3 is 10.2 Å². The molecule has 0 bridgehead atoms. The van der Waals surface area contributed by atoms with Gasteiger partial charge >= 0.3 is 0 Å². The summed E-state index contributed by atoms with van der Waals surface area (Å²) in [5.41, 5.74) is 8.64. The Balaban J connectivity index is 1.39. The lowest BCUT2D eigenvalue weighted by Gasteiger charge is -2.34. The Bertz CT molecular complexity index is 867. The summed E-state index contributed by atoms with van der Waals surface area (Å²) in [6, 6.07) is 7.39. The molecule has 1 N–H and O–H groups in total. The van der Waals surface area contributed by atoms with Crippen molar-refractivity contribution in [3.05, 3.63) is 58.5 Å². The van der Waals surface area contributed by atoms with Crippen LogP contribution in [0.4, 0.5) is 5.69 Å². The fourth-order valence-corrected chi connectivity index (χ4v) is 4.64. The van der Waals surface area contributed by atoms with E-state index in [-0.39, 0.29) is 0 Å². The maximum absolute atomic E-state index is 3.98. The van der Waals surface area contributed by atoms with Crippen LogP contribution in [0.25, 0.3) is 6.08 Å². The maximum atomic E-state index is 3.98. The van der Waals surface area contributed by atoms with Gasteiger partial charge in [-0.3, -0.25) is 0 Å². The molecule has 1 atom stereocenters. The molecule has 140 valence electrons. The van der Waals surface area contributed by atoms with Crippen molar-refractivity contribution in [1.82, 2.24) is 15.1 Å². The quantitative estimate of drug-likeness (QED) is 0.864. The van der Waals surface area contributed by atoms with E-state index in [0.29, 0.717) is 12.0 Å². The van der Waals surface area contributed by atoms with E-state index in [1.54, 1.807) is 11.9 Å². The molecule has 4 nitrogen and oxygen atoms in total. The average molecular weight is 361 g/mol. The van der Waals surface area contributed by atoms with E-state index in [0.717, 1.165) is 37.5 Å². The Morgan fingerprint density at radius 3 is 2.63 bits per heavy atom. The van der Waals surface area contributed by atoms with E-state index in [2.05, 4.69) is 52.5 Å². The molecule has 4 heteroatoms. The second kappa shape index (κ2) is 6.66. The first-order valence-electron chi connectivity index (χ1n) is 10.3. The lowest BCUT2D eigenvalue weighted by atomic mass is 9.94. The predicted octanol–water partition coefficient (Wildman–Crippen LogP) is 4.28. The molecule has 1 fully saturated rings. The average Bonchev–Trinajstić information content (AvgIpc) is 3.41. The zero-order valence-electron chi connectivity index (χ0n) is 16.3. The molecule has 1 aromatic heterocycles. The number of fused-ring (bicyclic) bond motifs is 2. The number of nitrogens with one attached hydrogen (secondary N) is 1. The van der Waals surface area contributed by atoms with Gasteiger partial charge in [0, 0.05) is 24.8 Å². The van der Waals surface area contributed by atoms with E-state index in [1.165, 1.54) is 35.1 Å². The zero-order chi connectivity index (χ0) is 18.4. The van der Waals surface area contributed by atoms with Gasteiger partial charge in [0.15, 0.2) is 0 Å². The number of nitrogens with zero attached hydrogens (tertiary/aromatic N) is 3. The molecule has 2 heterocycles. The van der Waals surface area contributed by atoms with Crippen molar-refractivity contribution in [2.24, 2.45) is 11.8 Å². The van der Waals surface area contributed by atoms with Crippen molar-refractivity contribution >= 4 is 11.8 Å². The van der Waals surface area contributed by atoms with Crippen LogP contribution in [0.5, 0.6) is 0 Å². The second-order valence-electron chi connectivity index (χ2n) is 8.82. The van der Waals surface area contributed by atoms with Gasteiger partial charge in [0.05, 0.1) is 18.1 Å². The number of hydrogen-bond donors (Lipinski definition) is 1. The largest absolute Gasteiger partial charge is 0.380 e. The lowest BCUT2D eigenvalue weighted by Crippen LogP contribution is -2.30. The number of hydrogen-bond acceptors (Lipinski definition) is 4. The number of aromatic nitrogens is 2. The van der Waals surface area contributed by atoms with Crippen molar-refractivity contribution in [1.29, 1.82) is 0 Å². The predicted molar refractivity (Wildman–Crippen MR) is 109 cm³/mol. The highest BCUT2D eigenvalue weighted by Crippen LogP contribution is 2.43. The fraction of sp³-hybridized carbons (Fsp3) is 0.478. The third kappa shape index (κ3) is 3.45. The van der Waals surface area contributed by atoms with E-state index in [4.69, 9.17) is 0 Å². The highest BCUT2D eigenvalue weighted by Gasteiger charge is 2.33. The molecule has 1 aliphatic heterocycles. The lowest BCUT2D eigenvalue weighted by molar-refractivity contribution is 0.282. The van der Waals surface area contributed by atoms with Crippen LogP contribution in [0.3, 0.4) is 0 Å². The fourth-order valence-electron chi connectivity index (χ4n) is 4.64. The Morgan fingerprint density at radius 1 is 1.11 bits per heavy atom. The minimum Gasteiger partial charge on any atom is -0.380 e. The van der Waals surface area contributed by atoms with Crippen LogP contribution in [0.1, 0.15) is 48.9 Å². The van der Waals surface area contributed by atoms with Crippen LogP contribution in [0, 0.1) is 11.8 Å². The van der Waals surface area contributed by atoms with E-state index in [1.807, 2.05) is 12.3 Å². The summed E-state index contributed by atoms with van der Waals surface area (Å²) in [5, 5.41) is 11.5. The van der Waals surface area contributed by atoms with Gasteiger partial charge in [-0.2, -0.15) is 10.2 Å². The second-order valence-corrected chi connectivity index (χ2v) is 8.82. The van der Waals surface area contributed by atoms with Crippen molar-refractivity contribution in [2.45, 2.75) is 52.1 Å². The standard InChI is InChI=1S/C23H28N4/c1-15(2)13-27-14-20-8-18-10-22(26-21-5-6-24-25-12-21)9-17(18)7-19(20)11-23(27)16-3-4-16/h5-8,11-12,15-16,22H,3-4,9-10,13-14H2,1-2H3,(H,24,26). The van der Waals surface area contributed by atoms with Crippen molar-refractivity contribution in [3.8, 4) is 0 Å².